The van der Waals surface area contributed by atoms with Crippen molar-refractivity contribution in [2.24, 2.45) is 5.92 Å². The van der Waals surface area contributed by atoms with E-state index in [0.29, 0.717) is 5.92 Å². The molecule has 1 aromatic rings. The molecule has 1 fully saturated rings. The molecule has 4 nitrogen and oxygen atoms in total. The summed E-state index contributed by atoms with van der Waals surface area (Å²) in [6.07, 6.45) is 0.889. The van der Waals surface area contributed by atoms with Gasteiger partial charge in [0.15, 0.2) is 0 Å². The maximum atomic E-state index is 11.8. The highest BCUT2D eigenvalue weighted by Gasteiger charge is 2.45. The lowest BCUT2D eigenvalue weighted by molar-refractivity contribution is -0.170. The fraction of sp³-hybridized carbons (Fsp3) is 0.462. The van der Waals surface area contributed by atoms with E-state index in [2.05, 4.69) is 0 Å². The van der Waals surface area contributed by atoms with Crippen LogP contribution in [0.4, 0.5) is 0 Å². The molecule has 92 valence electrons. The van der Waals surface area contributed by atoms with E-state index in [1.54, 1.807) is 14.2 Å². The van der Waals surface area contributed by atoms with Gasteiger partial charge in [0, 0.05) is 13.0 Å². The summed E-state index contributed by atoms with van der Waals surface area (Å²) in [7, 11) is 4.79. The minimum atomic E-state index is 0.0420. The fourth-order valence-electron chi connectivity index (χ4n) is 2.03. The summed E-state index contributed by atoms with van der Waals surface area (Å²) in [5.41, 5.74) is 1.16. The van der Waals surface area contributed by atoms with Crippen LogP contribution < -0.4 is 4.74 Å². The van der Waals surface area contributed by atoms with Crippen LogP contribution in [-0.2, 0) is 9.63 Å². The maximum absolute atomic E-state index is 11.8. The van der Waals surface area contributed by atoms with Crippen molar-refractivity contribution in [3.63, 3.8) is 0 Å². The van der Waals surface area contributed by atoms with Crippen molar-refractivity contribution in [2.45, 2.75) is 12.3 Å². The Morgan fingerprint density at radius 3 is 2.82 bits per heavy atom. The van der Waals surface area contributed by atoms with E-state index >= 15 is 0 Å². The first-order chi connectivity index (χ1) is 8.17. The summed E-state index contributed by atoms with van der Waals surface area (Å²) < 4.78 is 5.18. The average molecular weight is 235 g/mol. The van der Waals surface area contributed by atoms with Gasteiger partial charge in [-0.05, 0) is 30.0 Å². The number of hydrogen-bond donors (Lipinski definition) is 0. The number of carbonyl (C=O) groups excluding carboxylic acids is 1. The van der Waals surface area contributed by atoms with Crippen LogP contribution in [0.15, 0.2) is 24.3 Å². The van der Waals surface area contributed by atoms with Crippen molar-refractivity contribution in [1.82, 2.24) is 5.06 Å². The van der Waals surface area contributed by atoms with Crippen molar-refractivity contribution >= 4 is 5.91 Å². The molecule has 1 amide bonds. The van der Waals surface area contributed by atoms with Crippen LogP contribution in [0.2, 0.25) is 0 Å². The highest BCUT2D eigenvalue weighted by Crippen LogP contribution is 2.48. The van der Waals surface area contributed by atoms with Crippen molar-refractivity contribution in [2.75, 3.05) is 21.3 Å². The Hall–Kier alpha value is -1.55. The predicted octanol–water partition coefficient (Wildman–Crippen LogP) is 1.82. The van der Waals surface area contributed by atoms with Gasteiger partial charge in [-0.25, -0.2) is 5.06 Å². The highest BCUT2D eigenvalue weighted by molar-refractivity contribution is 5.81. The van der Waals surface area contributed by atoms with Crippen LogP contribution in [0.1, 0.15) is 17.9 Å². The van der Waals surface area contributed by atoms with Gasteiger partial charge in [-0.1, -0.05) is 12.1 Å². The topological polar surface area (TPSA) is 38.8 Å². The van der Waals surface area contributed by atoms with E-state index in [1.165, 1.54) is 12.2 Å². The SMILES string of the molecule is COc1cccc([C@@H]2C[C@H]2C(=O)N(C)OC)c1. The number of benzene rings is 1. The predicted molar refractivity (Wildman–Crippen MR) is 63.6 cm³/mol. The zero-order chi connectivity index (χ0) is 12.4. The molecular weight excluding hydrogens is 218 g/mol. The number of nitrogens with zero attached hydrogens (tertiary/aromatic N) is 1. The second-order valence-electron chi connectivity index (χ2n) is 4.24. The Morgan fingerprint density at radius 1 is 1.41 bits per heavy atom. The number of hydroxylamine groups is 2. The van der Waals surface area contributed by atoms with Crippen LogP contribution in [0, 0.1) is 5.92 Å². The van der Waals surface area contributed by atoms with Crippen LogP contribution >= 0.6 is 0 Å². The first kappa shape index (κ1) is 11.9. The molecule has 0 aromatic heterocycles. The van der Waals surface area contributed by atoms with Gasteiger partial charge in [0.25, 0.3) is 0 Å². The van der Waals surface area contributed by atoms with Gasteiger partial charge in [-0.2, -0.15) is 0 Å². The molecular formula is C13H17NO3. The van der Waals surface area contributed by atoms with Crippen LogP contribution in [-0.4, -0.2) is 32.2 Å². The van der Waals surface area contributed by atoms with E-state index in [-0.39, 0.29) is 11.8 Å². The molecule has 17 heavy (non-hydrogen) atoms. The maximum Gasteiger partial charge on any atom is 0.249 e. The Balaban J connectivity index is 2.04. The molecule has 2 rings (SSSR count). The Kier molecular flexibility index (Phi) is 3.33. The largest absolute Gasteiger partial charge is 0.497 e. The Bertz CT molecular complexity index is 419. The molecule has 1 aromatic carbocycles. The Labute approximate surface area is 101 Å². The van der Waals surface area contributed by atoms with Gasteiger partial charge < -0.3 is 4.74 Å². The molecule has 0 unspecified atom stereocenters. The van der Waals surface area contributed by atoms with Gasteiger partial charge in [-0.15, -0.1) is 0 Å². The van der Waals surface area contributed by atoms with Crippen molar-refractivity contribution < 1.29 is 14.4 Å². The van der Waals surface area contributed by atoms with Gasteiger partial charge in [-0.3, -0.25) is 9.63 Å². The minimum Gasteiger partial charge on any atom is -0.497 e. The van der Waals surface area contributed by atoms with E-state index in [0.717, 1.165) is 17.7 Å². The minimum absolute atomic E-state index is 0.0420. The lowest BCUT2D eigenvalue weighted by atomic mass is 10.1. The average Bonchev–Trinajstić information content (AvgIpc) is 3.17. The Morgan fingerprint density at radius 2 is 2.18 bits per heavy atom. The number of ether oxygens (including phenoxy) is 1. The van der Waals surface area contributed by atoms with Gasteiger partial charge >= 0.3 is 0 Å². The van der Waals surface area contributed by atoms with Crippen molar-refractivity contribution in [3.8, 4) is 5.75 Å². The third-order valence-corrected chi connectivity index (χ3v) is 3.21. The zero-order valence-electron chi connectivity index (χ0n) is 10.3. The molecule has 1 aliphatic rings. The molecule has 0 spiro atoms. The summed E-state index contributed by atoms with van der Waals surface area (Å²) in [4.78, 5) is 16.7. The van der Waals surface area contributed by atoms with Crippen LogP contribution in [0.5, 0.6) is 5.75 Å². The normalized spacial score (nSPS) is 22.1. The smallest absolute Gasteiger partial charge is 0.249 e. The van der Waals surface area contributed by atoms with E-state index in [1.807, 2.05) is 24.3 Å². The van der Waals surface area contributed by atoms with Crippen molar-refractivity contribution in [1.29, 1.82) is 0 Å². The molecule has 2 atom stereocenters. The number of hydrogen-bond acceptors (Lipinski definition) is 3. The number of rotatable bonds is 4. The second kappa shape index (κ2) is 4.75. The first-order valence-electron chi connectivity index (χ1n) is 5.63. The number of methoxy groups -OCH3 is 1. The van der Waals surface area contributed by atoms with Gasteiger partial charge in [0.2, 0.25) is 5.91 Å². The zero-order valence-corrected chi connectivity index (χ0v) is 10.3. The fourth-order valence-corrected chi connectivity index (χ4v) is 2.03. The third kappa shape index (κ3) is 2.42. The third-order valence-electron chi connectivity index (χ3n) is 3.21. The summed E-state index contributed by atoms with van der Waals surface area (Å²) in [5, 5.41) is 1.30. The first-order valence-corrected chi connectivity index (χ1v) is 5.63. The van der Waals surface area contributed by atoms with Crippen molar-refractivity contribution in [3.05, 3.63) is 29.8 Å². The molecule has 0 aliphatic heterocycles. The summed E-state index contributed by atoms with van der Waals surface area (Å²) in [6.45, 7) is 0. The van der Waals surface area contributed by atoms with Crippen LogP contribution in [0.25, 0.3) is 0 Å². The quantitative estimate of drug-likeness (QED) is 0.747. The monoisotopic (exact) mass is 235 g/mol. The van der Waals surface area contributed by atoms with E-state index < -0.39 is 0 Å². The summed E-state index contributed by atoms with van der Waals surface area (Å²) in [6, 6.07) is 7.88. The molecule has 4 heteroatoms. The molecule has 0 heterocycles. The number of amides is 1. The number of carbonyl (C=O) groups is 1. The molecule has 0 radical (unpaired) electrons. The summed E-state index contributed by atoms with van der Waals surface area (Å²) >= 11 is 0. The molecule has 1 aliphatic carbocycles. The standard InChI is InChI=1S/C13H17NO3/c1-14(17-3)13(15)12-8-11(12)9-5-4-6-10(7-9)16-2/h4-7,11-12H,8H2,1-3H3/t11-,12+/m0/s1. The highest BCUT2D eigenvalue weighted by atomic mass is 16.7. The van der Waals surface area contributed by atoms with Gasteiger partial charge in [0.05, 0.1) is 14.2 Å². The lowest BCUT2D eigenvalue weighted by Crippen LogP contribution is -2.27. The van der Waals surface area contributed by atoms with Crippen LogP contribution in [0.3, 0.4) is 0 Å². The second-order valence-corrected chi connectivity index (χ2v) is 4.24. The van der Waals surface area contributed by atoms with E-state index in [9.17, 15) is 4.79 Å². The summed E-state index contributed by atoms with van der Waals surface area (Å²) in [5.74, 6) is 1.23. The molecule has 0 saturated heterocycles. The van der Waals surface area contributed by atoms with E-state index in [4.69, 9.17) is 9.57 Å². The molecule has 1 saturated carbocycles. The van der Waals surface area contributed by atoms with Gasteiger partial charge in [0.1, 0.15) is 5.75 Å². The lowest BCUT2D eigenvalue weighted by Gasteiger charge is -2.13. The molecule has 0 N–H and O–H groups in total. The molecule has 0 bridgehead atoms.